The van der Waals surface area contributed by atoms with Crippen LogP contribution in [0, 0.1) is 0 Å². The molecular weight excluding hydrogens is 309 g/mol. The summed E-state index contributed by atoms with van der Waals surface area (Å²) >= 11 is 0. The van der Waals surface area contributed by atoms with Crippen molar-refractivity contribution in [1.82, 2.24) is 4.90 Å². The summed E-state index contributed by atoms with van der Waals surface area (Å²) in [6.45, 7) is 0.986. The number of hydrogen-bond donors (Lipinski definition) is 1. The molecule has 0 bridgehead atoms. The van der Waals surface area contributed by atoms with E-state index in [9.17, 15) is 18.0 Å². The maximum absolute atomic E-state index is 12.2. The van der Waals surface area contributed by atoms with E-state index in [2.05, 4.69) is 4.74 Å². The molecule has 2 rings (SSSR count). The molecule has 21 heavy (non-hydrogen) atoms. The molecule has 1 aliphatic rings. The zero-order valence-electron chi connectivity index (χ0n) is 11.1. The van der Waals surface area contributed by atoms with Gasteiger partial charge in [0.1, 0.15) is 5.75 Å². The molecule has 1 unspecified atom stereocenters. The number of hydrogen-bond acceptors (Lipinski definition) is 3. The van der Waals surface area contributed by atoms with Crippen LogP contribution in [0.2, 0.25) is 0 Å². The Morgan fingerprint density at radius 2 is 2.10 bits per heavy atom. The van der Waals surface area contributed by atoms with Crippen LogP contribution in [0.4, 0.5) is 13.2 Å². The molecule has 2 N–H and O–H groups in total. The summed E-state index contributed by atoms with van der Waals surface area (Å²) < 4.78 is 40.2. The van der Waals surface area contributed by atoms with Crippen LogP contribution in [0.1, 0.15) is 23.2 Å². The standard InChI is InChI=1S/C13H15F3N2O2.ClH/c14-13(15,16)20-11-5-1-3-9(7-11)12(19)18-6-2-4-10(17)8-18;/h1,3,5,7,10H,2,4,6,8,17H2;1H. The van der Waals surface area contributed by atoms with Crippen molar-refractivity contribution < 1.29 is 22.7 Å². The molecule has 1 heterocycles. The lowest BCUT2D eigenvalue weighted by Gasteiger charge is -2.30. The summed E-state index contributed by atoms with van der Waals surface area (Å²) in [5.41, 5.74) is 5.95. The lowest BCUT2D eigenvalue weighted by molar-refractivity contribution is -0.274. The summed E-state index contributed by atoms with van der Waals surface area (Å²) in [5, 5.41) is 0. The molecule has 0 spiro atoms. The number of amides is 1. The van der Waals surface area contributed by atoms with E-state index in [1.54, 1.807) is 4.90 Å². The molecule has 1 aromatic carbocycles. The van der Waals surface area contributed by atoms with Crippen molar-refractivity contribution in [2.24, 2.45) is 5.73 Å². The van der Waals surface area contributed by atoms with Crippen molar-refractivity contribution in [1.29, 1.82) is 0 Å². The van der Waals surface area contributed by atoms with E-state index in [4.69, 9.17) is 5.73 Å². The summed E-state index contributed by atoms with van der Waals surface area (Å²) in [7, 11) is 0. The van der Waals surface area contributed by atoms with E-state index in [0.717, 1.165) is 25.0 Å². The van der Waals surface area contributed by atoms with Crippen LogP contribution in [-0.2, 0) is 0 Å². The van der Waals surface area contributed by atoms with E-state index in [-0.39, 0.29) is 29.9 Å². The number of carbonyl (C=O) groups is 1. The highest BCUT2D eigenvalue weighted by atomic mass is 35.5. The van der Waals surface area contributed by atoms with Crippen molar-refractivity contribution in [2.45, 2.75) is 25.2 Å². The molecule has 8 heteroatoms. The normalized spacial score (nSPS) is 18.9. The fourth-order valence-electron chi connectivity index (χ4n) is 2.20. The van der Waals surface area contributed by atoms with Crippen molar-refractivity contribution in [3.63, 3.8) is 0 Å². The number of alkyl halides is 3. The first-order chi connectivity index (χ1) is 9.35. The first-order valence-corrected chi connectivity index (χ1v) is 6.26. The van der Waals surface area contributed by atoms with Gasteiger partial charge >= 0.3 is 6.36 Å². The number of halogens is 4. The van der Waals surface area contributed by atoms with Gasteiger partial charge in [-0.1, -0.05) is 6.07 Å². The van der Waals surface area contributed by atoms with E-state index in [0.29, 0.717) is 13.1 Å². The van der Waals surface area contributed by atoms with Gasteiger partial charge in [-0.05, 0) is 31.0 Å². The molecule has 1 saturated heterocycles. The first-order valence-electron chi connectivity index (χ1n) is 6.26. The summed E-state index contributed by atoms with van der Waals surface area (Å²) in [4.78, 5) is 13.8. The molecule has 1 amide bonds. The molecule has 118 valence electrons. The van der Waals surface area contributed by atoms with Crippen LogP contribution in [0.3, 0.4) is 0 Å². The SMILES string of the molecule is Cl.NC1CCCN(C(=O)c2cccc(OC(F)(F)F)c2)C1. The summed E-state index contributed by atoms with van der Waals surface area (Å²) in [6, 6.07) is 4.99. The molecule has 0 aromatic heterocycles. The van der Waals surface area contributed by atoms with Gasteiger partial charge in [0.15, 0.2) is 0 Å². The number of piperidine rings is 1. The van der Waals surface area contributed by atoms with Gasteiger partial charge < -0.3 is 15.4 Å². The summed E-state index contributed by atoms with van der Waals surface area (Å²) in [6.07, 6.45) is -3.12. The predicted molar refractivity (Wildman–Crippen MR) is 73.5 cm³/mol. The molecule has 1 atom stereocenters. The number of carbonyl (C=O) groups excluding carboxylic acids is 1. The first kappa shape index (κ1) is 17.6. The third-order valence-electron chi connectivity index (χ3n) is 3.06. The molecule has 0 aliphatic carbocycles. The van der Waals surface area contributed by atoms with Gasteiger partial charge in [0.2, 0.25) is 0 Å². The van der Waals surface area contributed by atoms with E-state index in [1.165, 1.54) is 12.1 Å². The van der Waals surface area contributed by atoms with Crippen LogP contribution in [0.5, 0.6) is 5.75 Å². The van der Waals surface area contributed by atoms with Gasteiger partial charge in [-0.2, -0.15) is 0 Å². The van der Waals surface area contributed by atoms with Crippen LogP contribution in [0.25, 0.3) is 0 Å². The maximum atomic E-state index is 12.2. The highest BCUT2D eigenvalue weighted by Crippen LogP contribution is 2.24. The minimum atomic E-state index is -4.77. The quantitative estimate of drug-likeness (QED) is 0.909. The van der Waals surface area contributed by atoms with Crippen LogP contribution >= 0.6 is 12.4 Å². The molecule has 4 nitrogen and oxygen atoms in total. The van der Waals surface area contributed by atoms with Gasteiger partial charge in [-0.25, -0.2) is 0 Å². The number of benzene rings is 1. The monoisotopic (exact) mass is 324 g/mol. The topological polar surface area (TPSA) is 55.6 Å². The Labute approximate surface area is 126 Å². The Hall–Kier alpha value is -1.47. The maximum Gasteiger partial charge on any atom is 0.573 e. The fraction of sp³-hybridized carbons (Fsp3) is 0.462. The minimum Gasteiger partial charge on any atom is -0.406 e. The number of nitrogens with two attached hydrogens (primary N) is 1. The molecule has 1 fully saturated rings. The lowest BCUT2D eigenvalue weighted by atomic mass is 10.1. The third-order valence-corrected chi connectivity index (χ3v) is 3.06. The van der Waals surface area contributed by atoms with Crippen LogP contribution < -0.4 is 10.5 Å². The third kappa shape index (κ3) is 5.09. The predicted octanol–water partition coefficient (Wildman–Crippen LogP) is 2.57. The van der Waals surface area contributed by atoms with E-state index in [1.807, 2.05) is 0 Å². The minimum absolute atomic E-state index is 0. The Morgan fingerprint density at radius 3 is 2.71 bits per heavy atom. The van der Waals surface area contributed by atoms with Gasteiger partial charge in [0.25, 0.3) is 5.91 Å². The second kappa shape index (κ2) is 7.00. The van der Waals surface area contributed by atoms with Crippen molar-refractivity contribution >= 4 is 18.3 Å². The second-order valence-electron chi connectivity index (χ2n) is 4.73. The van der Waals surface area contributed by atoms with Gasteiger partial charge in [-0.3, -0.25) is 4.79 Å². The van der Waals surface area contributed by atoms with Crippen molar-refractivity contribution in [3.8, 4) is 5.75 Å². The Morgan fingerprint density at radius 1 is 1.38 bits per heavy atom. The smallest absolute Gasteiger partial charge is 0.406 e. The highest BCUT2D eigenvalue weighted by Gasteiger charge is 2.31. The zero-order chi connectivity index (χ0) is 14.8. The summed E-state index contributed by atoms with van der Waals surface area (Å²) in [5.74, 6) is -0.725. The average Bonchev–Trinajstić information content (AvgIpc) is 2.36. The fourth-order valence-corrected chi connectivity index (χ4v) is 2.20. The molecule has 1 aromatic rings. The Kier molecular flexibility index (Phi) is 5.86. The molecule has 0 radical (unpaired) electrons. The lowest BCUT2D eigenvalue weighted by Crippen LogP contribution is -2.45. The van der Waals surface area contributed by atoms with Gasteiger partial charge in [-0.15, -0.1) is 25.6 Å². The van der Waals surface area contributed by atoms with E-state index >= 15 is 0 Å². The second-order valence-corrected chi connectivity index (χ2v) is 4.73. The largest absolute Gasteiger partial charge is 0.573 e. The van der Waals surface area contributed by atoms with E-state index < -0.39 is 12.1 Å². The zero-order valence-corrected chi connectivity index (χ0v) is 11.9. The van der Waals surface area contributed by atoms with Crippen molar-refractivity contribution in [3.05, 3.63) is 29.8 Å². The van der Waals surface area contributed by atoms with Gasteiger partial charge in [0.05, 0.1) is 0 Å². The Bertz CT molecular complexity index is 497. The van der Waals surface area contributed by atoms with Crippen LogP contribution in [0.15, 0.2) is 24.3 Å². The number of nitrogens with zero attached hydrogens (tertiary/aromatic N) is 1. The molecule has 1 aliphatic heterocycles. The molecule has 0 saturated carbocycles. The van der Waals surface area contributed by atoms with Crippen LogP contribution in [-0.4, -0.2) is 36.3 Å². The Balaban J connectivity index is 0.00000220. The highest BCUT2D eigenvalue weighted by molar-refractivity contribution is 5.94. The number of likely N-dealkylation sites (tertiary alicyclic amines) is 1. The number of rotatable bonds is 2. The van der Waals surface area contributed by atoms with Crippen molar-refractivity contribution in [2.75, 3.05) is 13.1 Å². The van der Waals surface area contributed by atoms with Gasteiger partial charge in [0, 0.05) is 24.7 Å². The molecular formula is C13H16ClF3N2O2. The number of ether oxygens (including phenoxy) is 1. The average molecular weight is 325 g/mol.